The van der Waals surface area contributed by atoms with Crippen LogP contribution in [0.25, 0.3) is 0 Å². The number of hydrogen-bond acceptors (Lipinski definition) is 3. The summed E-state index contributed by atoms with van der Waals surface area (Å²) < 4.78 is 5.15. The van der Waals surface area contributed by atoms with Gasteiger partial charge in [-0.2, -0.15) is 0 Å². The third kappa shape index (κ3) is 2.03. The van der Waals surface area contributed by atoms with Gasteiger partial charge in [0.1, 0.15) is 12.0 Å². The van der Waals surface area contributed by atoms with Crippen LogP contribution in [0.3, 0.4) is 0 Å². The summed E-state index contributed by atoms with van der Waals surface area (Å²) in [5.41, 5.74) is 0.550. The van der Waals surface area contributed by atoms with Gasteiger partial charge in [-0.1, -0.05) is 0 Å². The number of aliphatic carboxylic acids is 1. The Morgan fingerprint density at radius 3 is 2.58 bits per heavy atom. The Kier molecular flexibility index (Phi) is 2.66. The zero-order chi connectivity index (χ0) is 13.6. The predicted octanol–water partition coefficient (Wildman–Crippen LogP) is 1.91. The molecule has 1 N–H and O–H groups in total. The van der Waals surface area contributed by atoms with Gasteiger partial charge in [0.15, 0.2) is 0 Å². The van der Waals surface area contributed by atoms with Gasteiger partial charge in [0.25, 0.3) is 5.91 Å². The van der Waals surface area contributed by atoms with Crippen LogP contribution in [0.2, 0.25) is 0 Å². The molecule has 0 aromatic carbocycles. The maximum absolute atomic E-state index is 12.2. The molecule has 1 amide bonds. The number of carbonyl (C=O) groups is 2. The lowest BCUT2D eigenvalue weighted by atomic mass is 9.90. The molecule has 2 fully saturated rings. The Hall–Kier alpha value is -1.78. The highest BCUT2D eigenvalue weighted by molar-refractivity contribution is 5.94. The number of amides is 1. The van der Waals surface area contributed by atoms with Crippen molar-refractivity contribution >= 4 is 11.9 Å². The second kappa shape index (κ2) is 4.11. The van der Waals surface area contributed by atoms with Crippen LogP contribution in [0, 0.1) is 18.3 Å². The van der Waals surface area contributed by atoms with E-state index < -0.39 is 5.97 Å². The fraction of sp³-hybridized carbons (Fsp3) is 0.571. The van der Waals surface area contributed by atoms with Crippen LogP contribution in [0.1, 0.15) is 35.4 Å². The van der Waals surface area contributed by atoms with E-state index in [0.717, 1.165) is 25.0 Å². The molecule has 1 aliphatic carbocycles. The first kappa shape index (κ1) is 12.3. The SMILES string of the molecule is Cc1cc(C(=O)N2CCC3(CC2)C[C@@H]3C(=O)O)co1. The summed E-state index contributed by atoms with van der Waals surface area (Å²) in [4.78, 5) is 25.0. The number of likely N-dealkylation sites (tertiary alicyclic amines) is 1. The highest BCUT2D eigenvalue weighted by Crippen LogP contribution is 2.59. The molecule has 19 heavy (non-hydrogen) atoms. The van der Waals surface area contributed by atoms with Crippen molar-refractivity contribution in [3.8, 4) is 0 Å². The average Bonchev–Trinajstić information content (AvgIpc) is 2.91. The van der Waals surface area contributed by atoms with Gasteiger partial charge in [-0.15, -0.1) is 0 Å². The van der Waals surface area contributed by atoms with Gasteiger partial charge < -0.3 is 14.4 Å². The van der Waals surface area contributed by atoms with Crippen LogP contribution >= 0.6 is 0 Å². The maximum Gasteiger partial charge on any atom is 0.307 e. The zero-order valence-corrected chi connectivity index (χ0v) is 10.9. The number of carbonyl (C=O) groups excluding carboxylic acids is 1. The zero-order valence-electron chi connectivity index (χ0n) is 10.9. The molecule has 0 radical (unpaired) electrons. The third-order valence-corrected chi connectivity index (χ3v) is 4.51. The van der Waals surface area contributed by atoms with E-state index >= 15 is 0 Å². The first-order valence-electron chi connectivity index (χ1n) is 6.59. The normalized spacial score (nSPS) is 24.5. The standard InChI is InChI=1S/C14H17NO4/c1-9-6-10(8-19-9)12(16)15-4-2-14(3-5-15)7-11(14)13(17)18/h6,8,11H,2-5,7H2,1H3,(H,17,18)/t11-/m1/s1. The van der Waals surface area contributed by atoms with Crippen LogP contribution in [-0.4, -0.2) is 35.0 Å². The van der Waals surface area contributed by atoms with Crippen molar-refractivity contribution in [3.63, 3.8) is 0 Å². The number of carboxylic acids is 1. The lowest BCUT2D eigenvalue weighted by Gasteiger charge is -2.32. The summed E-state index contributed by atoms with van der Waals surface area (Å²) in [6, 6.07) is 1.74. The second-order valence-electron chi connectivity index (χ2n) is 5.70. The third-order valence-electron chi connectivity index (χ3n) is 4.51. The highest BCUT2D eigenvalue weighted by Gasteiger charge is 2.59. The number of nitrogens with zero attached hydrogens (tertiary/aromatic N) is 1. The minimum absolute atomic E-state index is 0.0146. The Balaban J connectivity index is 1.62. The van der Waals surface area contributed by atoms with E-state index in [1.54, 1.807) is 11.0 Å². The van der Waals surface area contributed by atoms with E-state index in [-0.39, 0.29) is 17.2 Å². The fourth-order valence-corrected chi connectivity index (χ4v) is 3.14. The van der Waals surface area contributed by atoms with Crippen molar-refractivity contribution in [3.05, 3.63) is 23.7 Å². The molecular formula is C14H17NO4. The molecular weight excluding hydrogens is 246 g/mol. The summed E-state index contributed by atoms with van der Waals surface area (Å²) in [5.74, 6) is -0.171. The molecule has 0 unspecified atom stereocenters. The van der Waals surface area contributed by atoms with E-state index in [2.05, 4.69) is 0 Å². The summed E-state index contributed by atoms with van der Waals surface area (Å²) in [7, 11) is 0. The predicted molar refractivity (Wildman–Crippen MR) is 66.8 cm³/mol. The highest BCUT2D eigenvalue weighted by atomic mass is 16.4. The number of piperidine rings is 1. The lowest BCUT2D eigenvalue weighted by Crippen LogP contribution is -2.39. The van der Waals surface area contributed by atoms with Gasteiger partial charge in [0, 0.05) is 13.1 Å². The molecule has 1 aliphatic heterocycles. The van der Waals surface area contributed by atoms with E-state index in [1.165, 1.54) is 6.26 Å². The second-order valence-corrected chi connectivity index (χ2v) is 5.70. The van der Waals surface area contributed by atoms with Gasteiger partial charge in [0.05, 0.1) is 11.5 Å². The summed E-state index contributed by atoms with van der Waals surface area (Å²) in [6.07, 6.45) is 3.85. The van der Waals surface area contributed by atoms with E-state index in [9.17, 15) is 9.59 Å². The number of aryl methyl sites for hydroxylation is 1. The van der Waals surface area contributed by atoms with Gasteiger partial charge in [-0.3, -0.25) is 9.59 Å². The maximum atomic E-state index is 12.2. The van der Waals surface area contributed by atoms with E-state index in [4.69, 9.17) is 9.52 Å². The number of rotatable bonds is 2. The van der Waals surface area contributed by atoms with Crippen LogP contribution in [-0.2, 0) is 4.79 Å². The topological polar surface area (TPSA) is 70.8 Å². The molecule has 1 aromatic heterocycles. The summed E-state index contributed by atoms with van der Waals surface area (Å²) in [5, 5.41) is 9.03. The smallest absolute Gasteiger partial charge is 0.307 e. The minimum atomic E-state index is -0.690. The van der Waals surface area contributed by atoms with E-state index in [0.29, 0.717) is 18.7 Å². The molecule has 0 bridgehead atoms. The summed E-state index contributed by atoms with van der Waals surface area (Å²) in [6.45, 7) is 3.10. The van der Waals surface area contributed by atoms with Crippen LogP contribution < -0.4 is 0 Å². The molecule has 1 saturated heterocycles. The van der Waals surface area contributed by atoms with Crippen molar-refractivity contribution in [1.29, 1.82) is 0 Å². The van der Waals surface area contributed by atoms with Gasteiger partial charge in [0.2, 0.25) is 0 Å². The molecule has 3 rings (SSSR count). The molecule has 1 atom stereocenters. The summed E-state index contributed by atoms with van der Waals surface area (Å²) >= 11 is 0. The monoisotopic (exact) mass is 263 g/mol. The molecule has 1 aromatic rings. The number of hydrogen-bond donors (Lipinski definition) is 1. The van der Waals surface area contributed by atoms with Gasteiger partial charge in [-0.05, 0) is 37.7 Å². The molecule has 5 nitrogen and oxygen atoms in total. The van der Waals surface area contributed by atoms with Crippen molar-refractivity contribution in [2.24, 2.45) is 11.3 Å². The lowest BCUT2D eigenvalue weighted by molar-refractivity contribution is -0.139. The van der Waals surface area contributed by atoms with Gasteiger partial charge >= 0.3 is 5.97 Å². The Labute approximate surface area is 111 Å². The molecule has 1 saturated carbocycles. The average molecular weight is 263 g/mol. The van der Waals surface area contributed by atoms with Crippen molar-refractivity contribution in [2.75, 3.05) is 13.1 Å². The fourth-order valence-electron chi connectivity index (χ4n) is 3.14. The van der Waals surface area contributed by atoms with Crippen molar-refractivity contribution in [2.45, 2.75) is 26.2 Å². The van der Waals surface area contributed by atoms with Crippen LogP contribution in [0.5, 0.6) is 0 Å². The Morgan fingerprint density at radius 2 is 2.11 bits per heavy atom. The molecule has 1 spiro atoms. The first-order chi connectivity index (χ1) is 9.02. The first-order valence-corrected chi connectivity index (χ1v) is 6.59. The largest absolute Gasteiger partial charge is 0.481 e. The van der Waals surface area contributed by atoms with Crippen molar-refractivity contribution in [1.82, 2.24) is 4.90 Å². The quantitative estimate of drug-likeness (QED) is 0.884. The minimum Gasteiger partial charge on any atom is -0.481 e. The number of carboxylic acid groups (broad SMARTS) is 1. The Morgan fingerprint density at radius 1 is 1.42 bits per heavy atom. The van der Waals surface area contributed by atoms with E-state index in [1.807, 2.05) is 6.92 Å². The molecule has 5 heteroatoms. The van der Waals surface area contributed by atoms with Crippen LogP contribution in [0.4, 0.5) is 0 Å². The van der Waals surface area contributed by atoms with Gasteiger partial charge in [-0.25, -0.2) is 0 Å². The molecule has 2 aliphatic rings. The molecule has 102 valence electrons. The van der Waals surface area contributed by atoms with Crippen molar-refractivity contribution < 1.29 is 19.1 Å². The van der Waals surface area contributed by atoms with Crippen LogP contribution in [0.15, 0.2) is 16.7 Å². The molecule has 2 heterocycles. The number of furan rings is 1. The Bertz CT molecular complexity index is 525.